The maximum atomic E-state index is 12.3. The van der Waals surface area contributed by atoms with Crippen molar-refractivity contribution >= 4 is 5.57 Å². The molecule has 0 amide bonds. The van der Waals surface area contributed by atoms with Crippen molar-refractivity contribution in [2.75, 3.05) is 13.1 Å². The molecule has 1 aromatic carbocycles. The highest BCUT2D eigenvalue weighted by Crippen LogP contribution is 2.30. The highest BCUT2D eigenvalue weighted by molar-refractivity contribution is 5.67. The second-order valence-corrected chi connectivity index (χ2v) is 3.77. The second-order valence-electron chi connectivity index (χ2n) is 3.77. The zero-order valence-electron chi connectivity index (χ0n) is 8.64. The summed E-state index contributed by atoms with van der Waals surface area (Å²) in [5.74, 6) is 0. The molecule has 0 saturated heterocycles. The molecule has 86 valence electrons. The fourth-order valence-corrected chi connectivity index (χ4v) is 1.74. The first kappa shape index (κ1) is 11.2. The van der Waals surface area contributed by atoms with Crippen LogP contribution in [0.2, 0.25) is 0 Å². The average molecular weight is 227 g/mol. The summed E-state index contributed by atoms with van der Waals surface area (Å²) in [5, 5.41) is 3.19. The average Bonchev–Trinajstić information content (AvgIpc) is 2.29. The highest BCUT2D eigenvalue weighted by Gasteiger charge is 2.29. The summed E-state index contributed by atoms with van der Waals surface area (Å²) in [4.78, 5) is 0. The van der Waals surface area contributed by atoms with E-state index < -0.39 is 11.7 Å². The maximum absolute atomic E-state index is 12.3. The minimum Gasteiger partial charge on any atom is -0.312 e. The van der Waals surface area contributed by atoms with Crippen molar-refractivity contribution in [3.05, 3.63) is 41.5 Å². The Bertz CT molecular complexity index is 390. The number of hydrogen-bond acceptors (Lipinski definition) is 1. The van der Waals surface area contributed by atoms with Crippen LogP contribution >= 0.6 is 0 Å². The zero-order valence-corrected chi connectivity index (χ0v) is 8.64. The summed E-state index contributed by atoms with van der Waals surface area (Å²) >= 11 is 0. The maximum Gasteiger partial charge on any atom is 0.416 e. The van der Waals surface area contributed by atoms with Gasteiger partial charge in [-0.3, -0.25) is 0 Å². The molecular formula is C12H12F3N. The highest BCUT2D eigenvalue weighted by atomic mass is 19.4. The molecule has 0 saturated carbocycles. The Balaban J connectivity index is 2.22. The van der Waals surface area contributed by atoms with E-state index in [4.69, 9.17) is 0 Å². The largest absolute Gasteiger partial charge is 0.416 e. The van der Waals surface area contributed by atoms with Gasteiger partial charge in [-0.05, 0) is 36.2 Å². The smallest absolute Gasteiger partial charge is 0.312 e. The summed E-state index contributed by atoms with van der Waals surface area (Å²) in [6.45, 7) is 1.66. The van der Waals surface area contributed by atoms with E-state index in [1.54, 1.807) is 0 Å². The van der Waals surface area contributed by atoms with Crippen molar-refractivity contribution in [2.24, 2.45) is 0 Å². The molecule has 1 heterocycles. The van der Waals surface area contributed by atoms with Crippen LogP contribution in [-0.4, -0.2) is 13.1 Å². The van der Waals surface area contributed by atoms with E-state index in [1.165, 1.54) is 12.1 Å². The Morgan fingerprint density at radius 2 is 1.75 bits per heavy atom. The molecule has 1 aromatic rings. The van der Waals surface area contributed by atoms with Crippen LogP contribution in [0.4, 0.5) is 13.2 Å². The van der Waals surface area contributed by atoms with Crippen molar-refractivity contribution in [2.45, 2.75) is 12.6 Å². The fraction of sp³-hybridized carbons (Fsp3) is 0.333. The first-order chi connectivity index (χ1) is 7.57. The van der Waals surface area contributed by atoms with Crippen molar-refractivity contribution in [1.29, 1.82) is 0 Å². The number of benzene rings is 1. The van der Waals surface area contributed by atoms with Gasteiger partial charge in [0.1, 0.15) is 0 Å². The molecule has 16 heavy (non-hydrogen) atoms. The Hall–Kier alpha value is -1.29. The zero-order chi connectivity index (χ0) is 11.6. The Labute approximate surface area is 92.0 Å². The molecular weight excluding hydrogens is 215 g/mol. The van der Waals surface area contributed by atoms with E-state index in [0.29, 0.717) is 0 Å². The normalized spacial score (nSPS) is 17.1. The van der Waals surface area contributed by atoms with Gasteiger partial charge in [0.25, 0.3) is 0 Å². The Morgan fingerprint density at radius 1 is 1.06 bits per heavy atom. The van der Waals surface area contributed by atoms with E-state index in [0.717, 1.165) is 42.8 Å². The van der Waals surface area contributed by atoms with Crippen LogP contribution in [0.5, 0.6) is 0 Å². The molecule has 0 radical (unpaired) electrons. The molecule has 0 aromatic heterocycles. The SMILES string of the molecule is FC(F)(F)c1ccc(C2=CCCNC2)cc1. The molecule has 1 aliphatic heterocycles. The quantitative estimate of drug-likeness (QED) is 0.777. The van der Waals surface area contributed by atoms with E-state index >= 15 is 0 Å². The monoisotopic (exact) mass is 227 g/mol. The predicted octanol–water partition coefficient (Wildman–Crippen LogP) is 3.08. The van der Waals surface area contributed by atoms with Gasteiger partial charge < -0.3 is 5.32 Å². The topological polar surface area (TPSA) is 12.0 Å². The standard InChI is InChI=1S/C12H12F3N/c13-12(14,15)11-5-3-9(4-6-11)10-2-1-7-16-8-10/h2-6,16H,1,7-8H2. The minimum absolute atomic E-state index is 0.597. The molecule has 0 atom stereocenters. The summed E-state index contributed by atoms with van der Waals surface area (Å²) < 4.78 is 37.0. The third-order valence-corrected chi connectivity index (χ3v) is 2.61. The van der Waals surface area contributed by atoms with Gasteiger partial charge in [-0.2, -0.15) is 13.2 Å². The van der Waals surface area contributed by atoms with Gasteiger partial charge in [0.2, 0.25) is 0 Å². The van der Waals surface area contributed by atoms with Gasteiger partial charge in [0.05, 0.1) is 5.56 Å². The van der Waals surface area contributed by atoms with Crippen molar-refractivity contribution in [3.63, 3.8) is 0 Å². The molecule has 1 N–H and O–H groups in total. The van der Waals surface area contributed by atoms with Crippen molar-refractivity contribution in [1.82, 2.24) is 5.32 Å². The van der Waals surface area contributed by atoms with Crippen LogP contribution < -0.4 is 5.32 Å². The fourth-order valence-electron chi connectivity index (χ4n) is 1.74. The molecule has 0 unspecified atom stereocenters. The lowest BCUT2D eigenvalue weighted by atomic mass is 10.0. The molecule has 2 rings (SSSR count). The summed E-state index contributed by atoms with van der Waals surface area (Å²) in [6.07, 6.45) is -1.26. The van der Waals surface area contributed by atoms with Crippen LogP contribution in [0.15, 0.2) is 30.3 Å². The van der Waals surface area contributed by atoms with Gasteiger partial charge in [-0.1, -0.05) is 18.2 Å². The molecule has 0 aliphatic carbocycles. The van der Waals surface area contributed by atoms with Gasteiger partial charge >= 0.3 is 6.18 Å². The summed E-state index contributed by atoms with van der Waals surface area (Å²) in [5.41, 5.74) is 1.33. The number of rotatable bonds is 1. The molecule has 1 nitrogen and oxygen atoms in total. The summed E-state index contributed by atoms with van der Waals surface area (Å²) in [7, 11) is 0. The van der Waals surface area contributed by atoms with E-state index in [1.807, 2.05) is 0 Å². The number of nitrogens with one attached hydrogen (secondary N) is 1. The van der Waals surface area contributed by atoms with Crippen molar-refractivity contribution < 1.29 is 13.2 Å². The van der Waals surface area contributed by atoms with Gasteiger partial charge in [0.15, 0.2) is 0 Å². The van der Waals surface area contributed by atoms with Crippen LogP contribution in [0.25, 0.3) is 5.57 Å². The molecule has 0 spiro atoms. The van der Waals surface area contributed by atoms with E-state index in [9.17, 15) is 13.2 Å². The lowest BCUT2D eigenvalue weighted by Gasteiger charge is -2.15. The number of hydrogen-bond donors (Lipinski definition) is 1. The second kappa shape index (κ2) is 4.29. The summed E-state index contributed by atoms with van der Waals surface area (Å²) in [6, 6.07) is 5.32. The third kappa shape index (κ3) is 2.44. The van der Waals surface area contributed by atoms with E-state index in [2.05, 4.69) is 11.4 Å². The van der Waals surface area contributed by atoms with E-state index in [-0.39, 0.29) is 0 Å². The third-order valence-electron chi connectivity index (χ3n) is 2.61. The predicted molar refractivity (Wildman–Crippen MR) is 56.9 cm³/mol. The van der Waals surface area contributed by atoms with Crippen LogP contribution in [0.3, 0.4) is 0 Å². The number of alkyl halides is 3. The molecule has 1 aliphatic rings. The van der Waals surface area contributed by atoms with Crippen molar-refractivity contribution in [3.8, 4) is 0 Å². The number of halogens is 3. The first-order valence-corrected chi connectivity index (χ1v) is 5.15. The Kier molecular flexibility index (Phi) is 3.01. The first-order valence-electron chi connectivity index (χ1n) is 5.15. The molecule has 4 heteroatoms. The van der Waals surface area contributed by atoms with Crippen LogP contribution in [0, 0.1) is 0 Å². The lowest BCUT2D eigenvalue weighted by molar-refractivity contribution is -0.137. The van der Waals surface area contributed by atoms with Gasteiger partial charge in [-0.25, -0.2) is 0 Å². The Morgan fingerprint density at radius 3 is 2.25 bits per heavy atom. The van der Waals surface area contributed by atoms with Gasteiger partial charge in [0, 0.05) is 6.54 Å². The van der Waals surface area contributed by atoms with Gasteiger partial charge in [-0.15, -0.1) is 0 Å². The van der Waals surface area contributed by atoms with Crippen LogP contribution in [-0.2, 0) is 6.18 Å². The minimum atomic E-state index is -4.25. The molecule has 0 bridgehead atoms. The molecule has 0 fully saturated rings. The van der Waals surface area contributed by atoms with Crippen LogP contribution in [0.1, 0.15) is 17.5 Å². The lowest BCUT2D eigenvalue weighted by Crippen LogP contribution is -2.21.